The smallest absolute Gasteiger partial charge is 0.343 e. The van der Waals surface area contributed by atoms with E-state index in [1.807, 2.05) is 0 Å². The molecular weight excluding hydrogens is 362 g/mol. The second kappa shape index (κ2) is 9.33. The lowest BCUT2D eigenvalue weighted by Crippen LogP contribution is -2.61. The van der Waals surface area contributed by atoms with Gasteiger partial charge in [0.2, 0.25) is 11.4 Å². The third-order valence-electron chi connectivity index (χ3n) is 3.49. The standard InChI is InChI=1S/C17H23NO7S/c1-4-24-15(20)17(18-13(3)19,16(21)25-5-2)11-12-26(22,23)14-9-7-6-8-10-14/h6-10H,4-5,11-12H2,1-3H3,(H,18,19). The number of carbonyl (C=O) groups is 3. The fraction of sp³-hybridized carbons (Fsp3) is 0.471. The highest BCUT2D eigenvalue weighted by Gasteiger charge is 2.50. The zero-order valence-corrected chi connectivity index (χ0v) is 15.8. The summed E-state index contributed by atoms with van der Waals surface area (Å²) in [6, 6.07) is 7.60. The zero-order chi connectivity index (χ0) is 19.8. The fourth-order valence-electron chi connectivity index (χ4n) is 2.29. The van der Waals surface area contributed by atoms with Gasteiger partial charge >= 0.3 is 11.9 Å². The number of hydrogen-bond donors (Lipinski definition) is 1. The third kappa shape index (κ3) is 5.29. The van der Waals surface area contributed by atoms with Gasteiger partial charge in [0.15, 0.2) is 9.84 Å². The van der Waals surface area contributed by atoms with Gasteiger partial charge in [-0.05, 0) is 26.0 Å². The van der Waals surface area contributed by atoms with Crippen LogP contribution in [0.25, 0.3) is 0 Å². The van der Waals surface area contributed by atoms with Crippen LogP contribution in [0.4, 0.5) is 0 Å². The molecule has 1 aromatic rings. The Morgan fingerprint density at radius 2 is 1.50 bits per heavy atom. The third-order valence-corrected chi connectivity index (χ3v) is 5.22. The lowest BCUT2D eigenvalue weighted by Gasteiger charge is -2.29. The highest BCUT2D eigenvalue weighted by atomic mass is 32.2. The predicted molar refractivity (Wildman–Crippen MR) is 92.9 cm³/mol. The molecule has 0 radical (unpaired) electrons. The van der Waals surface area contributed by atoms with Gasteiger partial charge in [0.25, 0.3) is 0 Å². The number of amides is 1. The summed E-state index contributed by atoms with van der Waals surface area (Å²) in [6.45, 7) is 4.07. The van der Waals surface area contributed by atoms with Gasteiger partial charge in [-0.2, -0.15) is 0 Å². The molecule has 0 aromatic heterocycles. The Kier molecular flexibility index (Phi) is 7.76. The van der Waals surface area contributed by atoms with E-state index in [0.717, 1.165) is 6.92 Å². The number of ether oxygens (including phenoxy) is 2. The summed E-state index contributed by atoms with van der Waals surface area (Å²) >= 11 is 0. The summed E-state index contributed by atoms with van der Waals surface area (Å²) < 4.78 is 34.8. The Balaban J connectivity index is 3.24. The number of hydrogen-bond acceptors (Lipinski definition) is 7. The number of benzene rings is 1. The Labute approximate surface area is 152 Å². The minimum Gasteiger partial charge on any atom is -0.464 e. The normalized spacial score (nSPS) is 11.5. The first-order chi connectivity index (χ1) is 12.2. The molecule has 0 aliphatic rings. The first-order valence-electron chi connectivity index (χ1n) is 8.10. The van der Waals surface area contributed by atoms with Crippen molar-refractivity contribution in [1.82, 2.24) is 5.32 Å². The van der Waals surface area contributed by atoms with Gasteiger partial charge in [-0.3, -0.25) is 4.79 Å². The van der Waals surface area contributed by atoms with Crippen molar-refractivity contribution in [3.05, 3.63) is 30.3 Å². The molecule has 0 aliphatic heterocycles. The van der Waals surface area contributed by atoms with Crippen LogP contribution in [0.2, 0.25) is 0 Å². The molecule has 144 valence electrons. The van der Waals surface area contributed by atoms with Gasteiger partial charge in [-0.1, -0.05) is 18.2 Å². The lowest BCUT2D eigenvalue weighted by atomic mass is 9.96. The number of esters is 2. The average molecular weight is 385 g/mol. The molecule has 1 rings (SSSR count). The van der Waals surface area contributed by atoms with Crippen molar-refractivity contribution in [2.24, 2.45) is 0 Å². The Hall–Kier alpha value is -2.42. The Morgan fingerprint density at radius 3 is 1.92 bits per heavy atom. The van der Waals surface area contributed by atoms with Crippen LogP contribution in [-0.4, -0.2) is 50.8 Å². The van der Waals surface area contributed by atoms with Crippen LogP contribution in [0.5, 0.6) is 0 Å². The van der Waals surface area contributed by atoms with E-state index in [4.69, 9.17) is 9.47 Å². The highest BCUT2D eigenvalue weighted by Crippen LogP contribution is 2.21. The summed E-state index contributed by atoms with van der Waals surface area (Å²) in [7, 11) is -3.79. The van der Waals surface area contributed by atoms with Crippen LogP contribution in [0, 0.1) is 0 Å². The van der Waals surface area contributed by atoms with Crippen LogP contribution >= 0.6 is 0 Å². The molecule has 0 unspecified atom stereocenters. The molecule has 1 amide bonds. The number of sulfone groups is 1. The molecule has 0 saturated heterocycles. The van der Waals surface area contributed by atoms with E-state index in [9.17, 15) is 22.8 Å². The topological polar surface area (TPSA) is 116 Å². The van der Waals surface area contributed by atoms with Crippen molar-refractivity contribution in [3.8, 4) is 0 Å². The van der Waals surface area contributed by atoms with Crippen molar-refractivity contribution in [2.75, 3.05) is 19.0 Å². The Bertz CT molecular complexity index is 726. The molecule has 0 spiro atoms. The molecule has 1 N–H and O–H groups in total. The second-order valence-electron chi connectivity index (χ2n) is 5.41. The minimum atomic E-state index is -3.79. The van der Waals surface area contributed by atoms with E-state index in [1.54, 1.807) is 18.2 Å². The van der Waals surface area contributed by atoms with E-state index in [-0.39, 0.29) is 18.1 Å². The molecule has 1 aromatic carbocycles. The molecule has 0 atom stereocenters. The first-order valence-corrected chi connectivity index (χ1v) is 9.75. The van der Waals surface area contributed by atoms with Gasteiger partial charge in [-0.25, -0.2) is 18.0 Å². The van der Waals surface area contributed by atoms with Crippen molar-refractivity contribution in [2.45, 2.75) is 37.6 Å². The van der Waals surface area contributed by atoms with Crippen molar-refractivity contribution in [3.63, 3.8) is 0 Å². The maximum absolute atomic E-state index is 12.5. The SMILES string of the molecule is CCOC(=O)C(CCS(=O)(=O)c1ccccc1)(NC(C)=O)C(=O)OCC. The van der Waals surface area contributed by atoms with E-state index in [2.05, 4.69) is 5.32 Å². The molecule has 0 heterocycles. The summed E-state index contributed by atoms with van der Waals surface area (Å²) in [5, 5.41) is 2.23. The maximum Gasteiger partial charge on any atom is 0.343 e. The maximum atomic E-state index is 12.5. The molecule has 0 aliphatic carbocycles. The van der Waals surface area contributed by atoms with Crippen LogP contribution < -0.4 is 5.32 Å². The van der Waals surface area contributed by atoms with E-state index < -0.39 is 45.4 Å². The van der Waals surface area contributed by atoms with Crippen LogP contribution in [0.3, 0.4) is 0 Å². The molecule has 8 nitrogen and oxygen atoms in total. The second-order valence-corrected chi connectivity index (χ2v) is 7.52. The van der Waals surface area contributed by atoms with Crippen molar-refractivity contribution >= 4 is 27.7 Å². The minimum absolute atomic E-state index is 0.0458. The van der Waals surface area contributed by atoms with E-state index >= 15 is 0 Å². The van der Waals surface area contributed by atoms with Gasteiger partial charge < -0.3 is 14.8 Å². The van der Waals surface area contributed by atoms with Crippen LogP contribution in [0.15, 0.2) is 35.2 Å². The molecule has 26 heavy (non-hydrogen) atoms. The summed E-state index contributed by atoms with van der Waals surface area (Å²) in [6.07, 6.45) is -0.512. The molecule has 9 heteroatoms. The van der Waals surface area contributed by atoms with Gasteiger partial charge in [0.05, 0.1) is 23.9 Å². The molecule has 0 bridgehead atoms. The summed E-state index contributed by atoms with van der Waals surface area (Å²) in [4.78, 5) is 36.5. The van der Waals surface area contributed by atoms with Gasteiger partial charge in [0, 0.05) is 13.3 Å². The van der Waals surface area contributed by atoms with Crippen molar-refractivity contribution in [1.29, 1.82) is 0 Å². The molecule has 0 fully saturated rings. The van der Waals surface area contributed by atoms with Crippen LogP contribution in [0.1, 0.15) is 27.2 Å². The largest absolute Gasteiger partial charge is 0.464 e. The first kappa shape index (κ1) is 21.6. The van der Waals surface area contributed by atoms with Crippen molar-refractivity contribution < 1.29 is 32.3 Å². The number of rotatable bonds is 9. The number of carbonyl (C=O) groups excluding carboxylic acids is 3. The summed E-state index contributed by atoms with van der Waals surface area (Å²) in [5.74, 6) is -3.37. The van der Waals surface area contributed by atoms with Gasteiger partial charge in [-0.15, -0.1) is 0 Å². The summed E-state index contributed by atoms with van der Waals surface area (Å²) in [5.41, 5.74) is -2.22. The fourth-order valence-corrected chi connectivity index (χ4v) is 3.68. The quantitative estimate of drug-likeness (QED) is 0.495. The monoisotopic (exact) mass is 385 g/mol. The zero-order valence-electron chi connectivity index (χ0n) is 15.0. The van der Waals surface area contributed by atoms with Gasteiger partial charge in [0.1, 0.15) is 0 Å². The number of nitrogens with one attached hydrogen (secondary N) is 1. The highest BCUT2D eigenvalue weighted by molar-refractivity contribution is 7.91. The van der Waals surface area contributed by atoms with E-state index in [1.165, 1.54) is 26.0 Å². The predicted octanol–water partition coefficient (Wildman–Crippen LogP) is 0.852. The van der Waals surface area contributed by atoms with Crippen LogP contribution in [-0.2, 0) is 33.7 Å². The lowest BCUT2D eigenvalue weighted by molar-refractivity contribution is -0.168. The Morgan fingerprint density at radius 1 is 1.00 bits per heavy atom. The molecular formula is C17H23NO7S. The van der Waals surface area contributed by atoms with E-state index in [0.29, 0.717) is 0 Å². The average Bonchev–Trinajstić information content (AvgIpc) is 2.59. The molecule has 0 saturated carbocycles.